The van der Waals surface area contributed by atoms with E-state index in [1.807, 2.05) is 19.0 Å². The fourth-order valence-corrected chi connectivity index (χ4v) is 11.5. The quantitative estimate of drug-likeness (QED) is 0.0633. The van der Waals surface area contributed by atoms with Gasteiger partial charge in [0.25, 0.3) is 8.32 Å². The highest BCUT2D eigenvalue weighted by Crippen LogP contribution is 2.40. The fraction of sp³-hybridized carbons (Fsp3) is 0.406. The molecule has 0 spiro atoms. The Morgan fingerprint density at radius 1 is 1.09 bits per heavy atom. The van der Waals surface area contributed by atoms with Gasteiger partial charge in [0.05, 0.1) is 30.4 Å². The van der Waals surface area contributed by atoms with Gasteiger partial charge >= 0.3 is 0 Å². The van der Waals surface area contributed by atoms with Gasteiger partial charge in [0.15, 0.2) is 5.82 Å². The third-order valence-corrected chi connectivity index (χ3v) is 13.9. The second kappa shape index (κ2) is 13.8. The van der Waals surface area contributed by atoms with Crippen LogP contribution >= 0.6 is 34.4 Å². The Labute approximate surface area is 273 Å². The second-order valence-electron chi connectivity index (χ2n) is 11.9. The molecule has 0 bridgehead atoms. The molecule has 1 saturated heterocycles. The second-order valence-corrected chi connectivity index (χ2v) is 18.2. The van der Waals surface area contributed by atoms with Crippen molar-refractivity contribution in [2.24, 2.45) is 4.99 Å². The number of aromatic nitrogens is 3. The summed E-state index contributed by atoms with van der Waals surface area (Å²) in [6.07, 6.45) is 7.51. The largest absolute Gasteiger partial charge is 0.405 e. The Balaban J connectivity index is 1.49. The smallest absolute Gasteiger partial charge is 0.261 e. The van der Waals surface area contributed by atoms with Crippen molar-refractivity contribution in [3.05, 3.63) is 76.8 Å². The minimum Gasteiger partial charge on any atom is -0.405 e. The lowest BCUT2D eigenvalue weighted by Gasteiger charge is -2.43. The zero-order chi connectivity index (χ0) is 30.6. The highest BCUT2D eigenvalue weighted by molar-refractivity contribution is 14.1. The molecule has 11 heteroatoms. The van der Waals surface area contributed by atoms with E-state index >= 15 is 0 Å². The molecular weight excluding hydrogens is 689 g/mol. The predicted octanol–water partition coefficient (Wildman–Crippen LogP) is 5.83. The Morgan fingerprint density at radius 3 is 2.33 bits per heavy atom. The van der Waals surface area contributed by atoms with Crippen LogP contribution in [0.1, 0.15) is 33.4 Å². The van der Waals surface area contributed by atoms with E-state index in [0.29, 0.717) is 24.8 Å². The molecule has 3 heterocycles. The first-order chi connectivity index (χ1) is 20.7. The Kier molecular flexibility index (Phi) is 10.3. The molecule has 0 saturated carbocycles. The summed E-state index contributed by atoms with van der Waals surface area (Å²) in [5, 5.41) is 3.28. The summed E-state index contributed by atoms with van der Waals surface area (Å²) in [6.45, 7) is 7.31. The van der Waals surface area contributed by atoms with Gasteiger partial charge in [-0.05, 0) is 44.3 Å². The van der Waals surface area contributed by atoms with Crippen molar-refractivity contribution >= 4 is 76.2 Å². The molecule has 1 aliphatic rings. The van der Waals surface area contributed by atoms with Crippen molar-refractivity contribution in [1.82, 2.24) is 19.4 Å². The number of ether oxygens (including phenoxy) is 2. The highest BCUT2D eigenvalue weighted by Gasteiger charge is 2.51. The van der Waals surface area contributed by atoms with E-state index in [1.165, 1.54) is 10.4 Å². The summed E-state index contributed by atoms with van der Waals surface area (Å²) in [5.41, 5.74) is 0.799. The molecule has 4 aromatic rings. The van der Waals surface area contributed by atoms with Gasteiger partial charge in [0, 0.05) is 30.3 Å². The maximum Gasteiger partial charge on any atom is 0.261 e. The number of thioether (sulfide) groups is 1. The molecule has 228 valence electrons. The summed E-state index contributed by atoms with van der Waals surface area (Å²) in [4.78, 5) is 15.6. The van der Waals surface area contributed by atoms with E-state index in [-0.39, 0.29) is 23.5 Å². The number of fused-ring (bicyclic) bond motifs is 1. The molecule has 5 rings (SSSR count). The molecular formula is C32H40IN5O3SSi. The van der Waals surface area contributed by atoms with Gasteiger partial charge in [0.1, 0.15) is 24.3 Å². The maximum atomic E-state index is 7.28. The van der Waals surface area contributed by atoms with Crippen molar-refractivity contribution in [1.29, 1.82) is 0 Å². The van der Waals surface area contributed by atoms with Crippen LogP contribution in [0.4, 0.5) is 5.82 Å². The van der Waals surface area contributed by atoms with Crippen LogP contribution in [0.15, 0.2) is 78.2 Å². The van der Waals surface area contributed by atoms with E-state index in [9.17, 15) is 0 Å². The zero-order valence-corrected chi connectivity index (χ0v) is 29.6. The van der Waals surface area contributed by atoms with Gasteiger partial charge in [-0.1, -0.05) is 81.4 Å². The van der Waals surface area contributed by atoms with E-state index in [2.05, 4.69) is 136 Å². The molecule has 2 aromatic carbocycles. The predicted molar refractivity (Wildman–Crippen MR) is 187 cm³/mol. The number of aliphatic imine (C=N–C) groups is 1. The summed E-state index contributed by atoms with van der Waals surface area (Å²) >= 11 is 4.00. The first kappa shape index (κ1) is 32.1. The van der Waals surface area contributed by atoms with Crippen molar-refractivity contribution in [2.75, 3.05) is 32.9 Å². The molecule has 0 N–H and O–H groups in total. The van der Waals surface area contributed by atoms with Crippen LogP contribution in [-0.4, -0.2) is 79.2 Å². The van der Waals surface area contributed by atoms with E-state index in [4.69, 9.17) is 13.9 Å². The lowest BCUT2D eigenvalue weighted by atomic mass is 10.2. The number of nitrogens with zero attached hydrogens (tertiary/aromatic N) is 5. The zero-order valence-electron chi connectivity index (χ0n) is 25.6. The van der Waals surface area contributed by atoms with Crippen LogP contribution in [0, 0.1) is 3.57 Å². The Hall–Kier alpha value is -2.29. The van der Waals surface area contributed by atoms with Gasteiger partial charge < -0.3 is 23.4 Å². The number of hydrogen-bond donors (Lipinski definition) is 0. The van der Waals surface area contributed by atoms with Gasteiger partial charge in [-0.3, -0.25) is 0 Å². The van der Waals surface area contributed by atoms with Crippen molar-refractivity contribution < 1.29 is 13.9 Å². The minimum absolute atomic E-state index is 0.126. The SMILES string of the molecule is CSCOC1C[C@H](n2cc(I)c3c(N=CN(C)C)ncnc32)O[C@@H]1CO[Si](c1ccccc1)(c1ccccc1)C(C)(C)C. The summed E-state index contributed by atoms with van der Waals surface area (Å²) in [6, 6.07) is 21.4. The molecule has 1 fully saturated rings. The topological polar surface area (TPSA) is 74.0 Å². The van der Waals surface area contributed by atoms with E-state index < -0.39 is 8.32 Å². The summed E-state index contributed by atoms with van der Waals surface area (Å²) in [5.74, 6) is 1.23. The Morgan fingerprint density at radius 2 is 1.74 bits per heavy atom. The van der Waals surface area contributed by atoms with E-state index in [1.54, 1.807) is 24.4 Å². The van der Waals surface area contributed by atoms with Gasteiger partial charge in [-0.2, -0.15) is 0 Å². The van der Waals surface area contributed by atoms with Crippen LogP contribution in [0.5, 0.6) is 0 Å². The van der Waals surface area contributed by atoms with E-state index in [0.717, 1.165) is 14.6 Å². The lowest BCUT2D eigenvalue weighted by molar-refractivity contribution is -0.0500. The van der Waals surface area contributed by atoms with Crippen molar-refractivity contribution in [3.63, 3.8) is 0 Å². The standard InChI is InChI=1S/C32H40IN5O3SSi/c1-32(2,3)43(23-13-9-7-10-14-23,24-15-11-8-12-16-24)40-19-27-26(39-22-42-6)17-28(41-27)38-18-25(33)29-30(36-21-37(4)5)34-20-35-31(29)38/h7-16,18,20-21,26-28H,17,19,22H2,1-6H3/t26?,27-,28-/m1/s1. The lowest BCUT2D eigenvalue weighted by Crippen LogP contribution is -2.67. The van der Waals surface area contributed by atoms with Gasteiger partial charge in [-0.25, -0.2) is 15.0 Å². The highest BCUT2D eigenvalue weighted by atomic mass is 127. The molecule has 2 aromatic heterocycles. The van der Waals surface area contributed by atoms with Crippen LogP contribution in [0.3, 0.4) is 0 Å². The van der Waals surface area contributed by atoms with Crippen LogP contribution in [-0.2, 0) is 13.9 Å². The molecule has 0 amide bonds. The molecule has 8 nitrogen and oxygen atoms in total. The molecule has 43 heavy (non-hydrogen) atoms. The number of hydrogen-bond acceptors (Lipinski definition) is 7. The van der Waals surface area contributed by atoms with Crippen LogP contribution in [0.2, 0.25) is 5.04 Å². The molecule has 3 atom stereocenters. The molecule has 1 aliphatic heterocycles. The maximum absolute atomic E-state index is 7.28. The fourth-order valence-electron chi connectivity index (χ4n) is 5.83. The number of benzene rings is 2. The minimum atomic E-state index is -2.73. The summed E-state index contributed by atoms with van der Waals surface area (Å²) in [7, 11) is 1.14. The van der Waals surface area contributed by atoms with Crippen molar-refractivity contribution in [2.45, 2.75) is 50.7 Å². The van der Waals surface area contributed by atoms with Gasteiger partial charge in [-0.15, -0.1) is 11.8 Å². The molecule has 0 aliphatic carbocycles. The van der Waals surface area contributed by atoms with Crippen molar-refractivity contribution in [3.8, 4) is 0 Å². The third kappa shape index (κ3) is 6.71. The average molecular weight is 730 g/mol. The average Bonchev–Trinajstić information content (AvgIpc) is 3.56. The molecule has 0 radical (unpaired) electrons. The monoisotopic (exact) mass is 729 g/mol. The normalized spacial score (nSPS) is 19.5. The van der Waals surface area contributed by atoms with Gasteiger partial charge in [0.2, 0.25) is 0 Å². The van der Waals surface area contributed by atoms with Crippen LogP contribution in [0.25, 0.3) is 11.0 Å². The first-order valence-electron chi connectivity index (χ1n) is 14.4. The summed E-state index contributed by atoms with van der Waals surface area (Å²) < 4.78 is 23.6. The first-order valence-corrected chi connectivity index (χ1v) is 18.8. The Bertz CT molecular complexity index is 1490. The van der Waals surface area contributed by atoms with Crippen LogP contribution < -0.4 is 10.4 Å². The third-order valence-electron chi connectivity index (χ3n) is 7.73. The number of halogens is 1. The molecule has 1 unspecified atom stereocenters. The number of rotatable bonds is 11.